The standard InChI is InChI=1S/2C10H8O2.2C10H8.3C2H6.CH4O.CH4/c2*11-9-5-6-10(12)8-4-2-1-3-7(8)9;2*1-2-6-10-8-4-3-7-9(10)5-1;4*1-2;/h2*1-6,11-12H;2*1-8H;3*1-2H3;2H,1H3;1H4. The number of phenolic OH excluding ortho intramolecular Hbond substituents is 4. The van der Waals surface area contributed by atoms with Gasteiger partial charge in [0.25, 0.3) is 0 Å². The van der Waals surface area contributed by atoms with E-state index in [0.29, 0.717) is 21.5 Å². The van der Waals surface area contributed by atoms with Crippen molar-refractivity contribution in [3.05, 3.63) is 170 Å². The van der Waals surface area contributed by atoms with Gasteiger partial charge in [0.05, 0.1) is 0 Å². The summed E-state index contributed by atoms with van der Waals surface area (Å²) in [4.78, 5) is 0. The molecule has 0 heterocycles. The molecule has 0 fully saturated rings. The molecule has 5 N–H and O–H groups in total. The largest absolute Gasteiger partial charge is 0.507 e. The maximum absolute atomic E-state index is 9.38. The summed E-state index contributed by atoms with van der Waals surface area (Å²) in [6.07, 6.45) is 0. The summed E-state index contributed by atoms with van der Waals surface area (Å²) in [5.41, 5.74) is 0. The highest BCUT2D eigenvalue weighted by molar-refractivity contribution is 5.93. The molecule has 0 aromatic heterocycles. The Hall–Kier alpha value is -6.04. The van der Waals surface area contributed by atoms with Gasteiger partial charge in [-0.2, -0.15) is 0 Å². The Morgan fingerprint density at radius 1 is 0.245 bits per heavy atom. The first-order valence-corrected chi connectivity index (χ1v) is 17.6. The minimum absolute atomic E-state index is 0. The van der Waals surface area contributed by atoms with Gasteiger partial charge in [-0.05, 0) is 45.8 Å². The fourth-order valence-corrected chi connectivity index (χ4v) is 4.80. The van der Waals surface area contributed by atoms with Crippen LogP contribution in [0.1, 0.15) is 49.0 Å². The van der Waals surface area contributed by atoms with Crippen LogP contribution in [-0.2, 0) is 0 Å². The van der Waals surface area contributed by atoms with Crippen LogP contribution >= 0.6 is 0 Å². The molecule has 53 heavy (non-hydrogen) atoms. The Morgan fingerprint density at radius 3 is 0.528 bits per heavy atom. The van der Waals surface area contributed by atoms with Gasteiger partial charge in [0, 0.05) is 28.7 Å². The lowest BCUT2D eigenvalue weighted by molar-refractivity contribution is 0.399. The molecule has 0 saturated carbocycles. The molecule has 0 bridgehead atoms. The zero-order chi connectivity index (χ0) is 38.7. The number of hydrogen-bond acceptors (Lipinski definition) is 5. The second-order valence-corrected chi connectivity index (χ2v) is 9.99. The summed E-state index contributed by atoms with van der Waals surface area (Å²) in [5, 5.41) is 52.5. The minimum atomic E-state index is 0. The molecular weight excluding hydrogens is 657 g/mol. The van der Waals surface area contributed by atoms with Crippen molar-refractivity contribution in [1.29, 1.82) is 0 Å². The normalized spacial score (nSPS) is 8.91. The van der Waals surface area contributed by atoms with Crippen LogP contribution in [0, 0.1) is 0 Å². The van der Waals surface area contributed by atoms with E-state index in [1.165, 1.54) is 45.8 Å². The monoisotopic (exact) mass is 714 g/mol. The number of aliphatic hydroxyl groups is 1. The highest BCUT2D eigenvalue weighted by atomic mass is 16.3. The van der Waals surface area contributed by atoms with Gasteiger partial charge in [0.1, 0.15) is 23.0 Å². The Bertz CT molecular complexity index is 1770. The van der Waals surface area contributed by atoms with E-state index in [1.54, 1.807) is 24.3 Å². The molecular formula is C48H58O5. The molecule has 0 aliphatic carbocycles. The third kappa shape index (κ3) is 14.6. The summed E-state index contributed by atoms with van der Waals surface area (Å²) in [6.45, 7) is 12.0. The first-order chi connectivity index (χ1) is 25.5. The molecule has 5 heteroatoms. The van der Waals surface area contributed by atoms with E-state index in [2.05, 4.69) is 97.1 Å². The van der Waals surface area contributed by atoms with Gasteiger partial charge in [-0.15, -0.1) is 0 Å². The van der Waals surface area contributed by atoms with Crippen LogP contribution in [0.15, 0.2) is 170 Å². The molecule has 8 rings (SSSR count). The maximum Gasteiger partial charge on any atom is 0.123 e. The van der Waals surface area contributed by atoms with Crippen molar-refractivity contribution >= 4 is 43.1 Å². The molecule has 0 saturated heterocycles. The van der Waals surface area contributed by atoms with E-state index in [0.717, 1.165) is 7.11 Å². The summed E-state index contributed by atoms with van der Waals surface area (Å²) < 4.78 is 0. The Balaban J connectivity index is 0.000000637. The van der Waals surface area contributed by atoms with Gasteiger partial charge in [-0.3, -0.25) is 0 Å². The van der Waals surface area contributed by atoms with Crippen molar-refractivity contribution < 1.29 is 25.5 Å². The lowest BCUT2D eigenvalue weighted by atomic mass is 10.1. The van der Waals surface area contributed by atoms with Crippen molar-refractivity contribution in [3.63, 3.8) is 0 Å². The number of benzene rings is 8. The van der Waals surface area contributed by atoms with E-state index in [9.17, 15) is 20.4 Å². The minimum Gasteiger partial charge on any atom is -0.507 e. The first kappa shape index (κ1) is 47.0. The van der Waals surface area contributed by atoms with Crippen molar-refractivity contribution in [2.75, 3.05) is 7.11 Å². The Kier molecular flexibility index (Phi) is 24.5. The van der Waals surface area contributed by atoms with Crippen molar-refractivity contribution in [3.8, 4) is 23.0 Å². The van der Waals surface area contributed by atoms with Crippen LogP contribution in [0.25, 0.3) is 43.1 Å². The zero-order valence-corrected chi connectivity index (χ0v) is 31.4. The topological polar surface area (TPSA) is 101 Å². The Morgan fingerprint density at radius 2 is 0.377 bits per heavy atom. The molecule has 0 aliphatic heterocycles. The summed E-state index contributed by atoms with van der Waals surface area (Å²) in [7, 11) is 1.00. The van der Waals surface area contributed by atoms with Gasteiger partial charge < -0.3 is 25.5 Å². The second-order valence-electron chi connectivity index (χ2n) is 9.99. The van der Waals surface area contributed by atoms with Crippen LogP contribution in [0.3, 0.4) is 0 Å². The quantitative estimate of drug-likeness (QED) is 0.101. The predicted octanol–water partition coefficient (Wildman–Crippen LogP) is 13.5. The van der Waals surface area contributed by atoms with Gasteiger partial charge in [-0.25, -0.2) is 0 Å². The average Bonchev–Trinajstić information content (AvgIpc) is 3.25. The molecule has 0 amide bonds. The number of hydrogen-bond donors (Lipinski definition) is 5. The molecule has 280 valence electrons. The number of aromatic hydroxyl groups is 4. The SMILES string of the molecule is C.CC.CC.CC.CO.Oc1ccc(O)c2ccccc12.Oc1ccc(O)c2ccccc12.c1ccc2ccccc2c1.c1ccc2ccccc2c1. The fourth-order valence-electron chi connectivity index (χ4n) is 4.80. The molecule has 0 aliphatic rings. The van der Waals surface area contributed by atoms with Crippen LogP contribution in [0.4, 0.5) is 0 Å². The van der Waals surface area contributed by atoms with Crippen LogP contribution in [-0.4, -0.2) is 32.6 Å². The number of fused-ring (bicyclic) bond motifs is 4. The van der Waals surface area contributed by atoms with Crippen LogP contribution < -0.4 is 0 Å². The number of rotatable bonds is 0. The number of phenols is 4. The van der Waals surface area contributed by atoms with Gasteiger partial charge in [0.15, 0.2) is 0 Å². The van der Waals surface area contributed by atoms with Crippen molar-refractivity contribution in [2.24, 2.45) is 0 Å². The first-order valence-electron chi connectivity index (χ1n) is 17.6. The van der Waals surface area contributed by atoms with E-state index in [1.807, 2.05) is 65.8 Å². The van der Waals surface area contributed by atoms with Gasteiger partial charge in [-0.1, -0.05) is 195 Å². The zero-order valence-electron chi connectivity index (χ0n) is 31.4. The van der Waals surface area contributed by atoms with Crippen LogP contribution in [0.5, 0.6) is 23.0 Å². The molecule has 0 atom stereocenters. The molecule has 0 radical (unpaired) electrons. The van der Waals surface area contributed by atoms with Crippen molar-refractivity contribution in [1.82, 2.24) is 0 Å². The molecule has 0 spiro atoms. The van der Waals surface area contributed by atoms with Gasteiger partial charge >= 0.3 is 0 Å². The van der Waals surface area contributed by atoms with Gasteiger partial charge in [0.2, 0.25) is 0 Å². The maximum atomic E-state index is 9.38. The van der Waals surface area contributed by atoms with Crippen LogP contribution in [0.2, 0.25) is 0 Å². The smallest absolute Gasteiger partial charge is 0.123 e. The van der Waals surface area contributed by atoms with E-state index in [4.69, 9.17) is 5.11 Å². The summed E-state index contributed by atoms with van der Waals surface area (Å²) in [6, 6.07) is 53.7. The molecule has 8 aromatic rings. The number of aliphatic hydroxyl groups excluding tert-OH is 1. The second kappa shape index (κ2) is 27.7. The fraction of sp³-hybridized carbons (Fsp3) is 0.167. The third-order valence-electron chi connectivity index (χ3n) is 7.07. The molecule has 0 unspecified atom stereocenters. The van der Waals surface area contributed by atoms with E-state index < -0.39 is 0 Å². The van der Waals surface area contributed by atoms with E-state index >= 15 is 0 Å². The van der Waals surface area contributed by atoms with Crippen molar-refractivity contribution in [2.45, 2.75) is 49.0 Å². The predicted molar refractivity (Wildman–Crippen MR) is 231 cm³/mol. The highest BCUT2D eigenvalue weighted by Crippen LogP contribution is 2.31. The summed E-state index contributed by atoms with van der Waals surface area (Å²) in [5.74, 6) is 0.790. The van der Waals surface area contributed by atoms with E-state index in [-0.39, 0.29) is 30.4 Å². The third-order valence-corrected chi connectivity index (χ3v) is 7.07. The average molecular weight is 715 g/mol. The lowest BCUT2D eigenvalue weighted by Gasteiger charge is -2.01. The summed E-state index contributed by atoms with van der Waals surface area (Å²) >= 11 is 0. The molecule has 5 nitrogen and oxygen atoms in total. The highest BCUT2D eigenvalue weighted by Gasteiger charge is 2.02. The molecule has 8 aromatic carbocycles. The Labute approximate surface area is 316 Å². The lowest BCUT2D eigenvalue weighted by Crippen LogP contribution is -1.73.